The van der Waals surface area contributed by atoms with Gasteiger partial charge in [0.25, 0.3) is 0 Å². The summed E-state index contributed by atoms with van der Waals surface area (Å²) < 4.78 is 5.14. The van der Waals surface area contributed by atoms with Crippen molar-refractivity contribution in [1.82, 2.24) is 24.9 Å². The molecule has 19 heavy (non-hydrogen) atoms. The van der Waals surface area contributed by atoms with Crippen molar-refractivity contribution in [3.63, 3.8) is 0 Å². The van der Waals surface area contributed by atoms with Gasteiger partial charge in [0.2, 0.25) is 0 Å². The summed E-state index contributed by atoms with van der Waals surface area (Å²) in [5.74, 6) is 0.0993. The lowest BCUT2D eigenvalue weighted by Crippen LogP contribution is -1.92. The molecule has 0 radical (unpaired) electrons. The molecule has 0 unspecified atom stereocenters. The van der Waals surface area contributed by atoms with Gasteiger partial charge in [0.1, 0.15) is 17.7 Å². The Hall–Kier alpha value is -2.96. The zero-order valence-electron chi connectivity index (χ0n) is 9.54. The van der Waals surface area contributed by atoms with Crippen LogP contribution in [0, 0.1) is 0 Å². The summed E-state index contributed by atoms with van der Waals surface area (Å²) in [7, 11) is 0. The van der Waals surface area contributed by atoms with E-state index in [1.165, 1.54) is 6.33 Å². The van der Waals surface area contributed by atoms with Gasteiger partial charge in [0.15, 0.2) is 11.2 Å². The van der Waals surface area contributed by atoms with Gasteiger partial charge < -0.3 is 9.40 Å². The fourth-order valence-corrected chi connectivity index (χ4v) is 2.05. The molecule has 0 aliphatic carbocycles. The molecule has 4 rings (SSSR count). The number of rotatable bonds is 1. The van der Waals surface area contributed by atoms with E-state index in [-0.39, 0.29) is 0 Å². The summed E-state index contributed by atoms with van der Waals surface area (Å²) in [6, 6.07) is 5.42. The molecule has 1 aromatic carbocycles. The molecular formula is C12H7N5O2. The first-order chi connectivity index (χ1) is 9.31. The van der Waals surface area contributed by atoms with Crippen molar-refractivity contribution in [2.24, 2.45) is 0 Å². The first kappa shape index (κ1) is 10.0. The lowest BCUT2D eigenvalue weighted by molar-refractivity contribution is 0.556. The Morgan fingerprint density at radius 2 is 2.11 bits per heavy atom. The average molecular weight is 253 g/mol. The largest absolute Gasteiger partial charge is 0.417 e. The zero-order valence-corrected chi connectivity index (χ0v) is 9.54. The van der Waals surface area contributed by atoms with Crippen LogP contribution in [0.2, 0.25) is 0 Å². The average Bonchev–Trinajstić information content (AvgIpc) is 2.99. The molecular weight excluding hydrogens is 246 g/mol. The van der Waals surface area contributed by atoms with Gasteiger partial charge in [-0.3, -0.25) is 4.98 Å². The molecule has 0 saturated heterocycles. The molecule has 0 saturated carbocycles. The molecule has 4 aromatic rings. The fraction of sp³-hybridized carbons (Fsp3) is 0. The maximum absolute atomic E-state index is 11.3. The second-order valence-corrected chi connectivity index (χ2v) is 4.04. The molecule has 3 aromatic heterocycles. The number of nitrogens with one attached hydrogen (secondary N) is 2. The molecule has 7 heteroatoms. The van der Waals surface area contributed by atoms with Crippen LogP contribution in [-0.2, 0) is 0 Å². The van der Waals surface area contributed by atoms with E-state index in [0.29, 0.717) is 28.1 Å². The Labute approximate surface area is 105 Å². The summed E-state index contributed by atoms with van der Waals surface area (Å²) in [6.07, 6.45) is 3.08. The van der Waals surface area contributed by atoms with E-state index in [0.717, 1.165) is 5.52 Å². The highest BCUT2D eigenvalue weighted by atomic mass is 16.4. The molecule has 3 heterocycles. The van der Waals surface area contributed by atoms with E-state index in [1.807, 2.05) is 12.1 Å². The molecule has 0 aliphatic heterocycles. The van der Waals surface area contributed by atoms with E-state index in [2.05, 4.69) is 24.9 Å². The Morgan fingerprint density at radius 1 is 1.16 bits per heavy atom. The molecule has 92 valence electrons. The van der Waals surface area contributed by atoms with Crippen LogP contribution in [0.3, 0.4) is 0 Å². The smallest absolute Gasteiger partial charge is 0.407 e. The number of benzene rings is 1. The van der Waals surface area contributed by atoms with Crippen LogP contribution < -0.4 is 5.76 Å². The molecule has 0 spiro atoms. The molecule has 2 N–H and O–H groups in total. The Kier molecular flexibility index (Phi) is 1.85. The number of para-hydroxylation sites is 1. The molecule has 0 aliphatic rings. The summed E-state index contributed by atoms with van der Waals surface area (Å²) >= 11 is 0. The van der Waals surface area contributed by atoms with Gasteiger partial charge >= 0.3 is 5.76 Å². The van der Waals surface area contributed by atoms with E-state index in [4.69, 9.17) is 4.42 Å². The summed E-state index contributed by atoms with van der Waals surface area (Å²) in [5.41, 5.74) is 3.11. The first-order valence-electron chi connectivity index (χ1n) is 5.59. The topological polar surface area (TPSA) is 100 Å². The van der Waals surface area contributed by atoms with E-state index in [9.17, 15) is 4.79 Å². The number of fused-ring (bicyclic) bond motifs is 2. The number of aromatic amines is 2. The third kappa shape index (κ3) is 1.45. The lowest BCUT2D eigenvalue weighted by Gasteiger charge is -1.96. The third-order valence-electron chi connectivity index (χ3n) is 2.86. The monoisotopic (exact) mass is 253 g/mol. The third-order valence-corrected chi connectivity index (χ3v) is 2.86. The molecule has 0 bridgehead atoms. The minimum absolute atomic E-state index is 0.472. The number of hydrogen-bond acceptors (Lipinski definition) is 5. The summed E-state index contributed by atoms with van der Waals surface area (Å²) in [5, 5.41) is 0. The fourth-order valence-electron chi connectivity index (χ4n) is 2.05. The number of H-pyrrole nitrogens is 2. The standard InChI is InChI=1S/C12H7N5O2/c18-12-16-7-3-1-2-6(9(7)19-12)10-15-8-4-13-5-14-11(8)17-10/h1-5H,(H,16,18)(H,13,14,15,17). The molecule has 7 nitrogen and oxygen atoms in total. The Balaban J connectivity index is 2.05. The highest BCUT2D eigenvalue weighted by molar-refractivity contribution is 5.89. The number of aromatic nitrogens is 5. The molecule has 0 fully saturated rings. The lowest BCUT2D eigenvalue weighted by atomic mass is 10.2. The van der Waals surface area contributed by atoms with Gasteiger partial charge in [-0.05, 0) is 12.1 Å². The normalized spacial score (nSPS) is 11.4. The molecule has 0 atom stereocenters. The minimum Gasteiger partial charge on any atom is -0.407 e. The quantitative estimate of drug-likeness (QED) is 0.534. The van der Waals surface area contributed by atoms with Crippen molar-refractivity contribution in [1.29, 1.82) is 0 Å². The number of nitrogens with zero attached hydrogens (tertiary/aromatic N) is 3. The van der Waals surface area contributed by atoms with Crippen LogP contribution in [-0.4, -0.2) is 24.9 Å². The SMILES string of the molecule is O=c1[nH]c2cccc(-c3nc4ncncc4[nH]3)c2o1. The number of imidazole rings is 1. The van der Waals surface area contributed by atoms with Crippen molar-refractivity contribution < 1.29 is 4.42 Å². The Morgan fingerprint density at radius 3 is 3.00 bits per heavy atom. The van der Waals surface area contributed by atoms with E-state index >= 15 is 0 Å². The number of oxazole rings is 1. The molecule has 0 amide bonds. The summed E-state index contributed by atoms with van der Waals surface area (Å²) in [6.45, 7) is 0. The maximum atomic E-state index is 11.3. The maximum Gasteiger partial charge on any atom is 0.417 e. The van der Waals surface area contributed by atoms with Crippen LogP contribution in [0.1, 0.15) is 0 Å². The minimum atomic E-state index is -0.488. The van der Waals surface area contributed by atoms with Gasteiger partial charge in [-0.15, -0.1) is 0 Å². The van der Waals surface area contributed by atoms with Crippen LogP contribution in [0.15, 0.2) is 39.9 Å². The highest BCUT2D eigenvalue weighted by Crippen LogP contribution is 2.25. The zero-order chi connectivity index (χ0) is 12.8. The highest BCUT2D eigenvalue weighted by Gasteiger charge is 2.12. The van der Waals surface area contributed by atoms with E-state index < -0.39 is 5.76 Å². The van der Waals surface area contributed by atoms with Crippen molar-refractivity contribution in [3.8, 4) is 11.4 Å². The van der Waals surface area contributed by atoms with Crippen molar-refractivity contribution in [2.45, 2.75) is 0 Å². The van der Waals surface area contributed by atoms with Crippen LogP contribution in [0.25, 0.3) is 33.7 Å². The van der Waals surface area contributed by atoms with E-state index in [1.54, 1.807) is 12.3 Å². The van der Waals surface area contributed by atoms with Gasteiger partial charge in [-0.2, -0.15) is 0 Å². The van der Waals surface area contributed by atoms with Gasteiger partial charge in [0.05, 0.1) is 17.3 Å². The van der Waals surface area contributed by atoms with Crippen LogP contribution in [0.5, 0.6) is 0 Å². The van der Waals surface area contributed by atoms with Crippen molar-refractivity contribution in [2.75, 3.05) is 0 Å². The Bertz CT molecular complexity index is 916. The predicted molar refractivity (Wildman–Crippen MR) is 67.5 cm³/mol. The van der Waals surface area contributed by atoms with Crippen molar-refractivity contribution in [3.05, 3.63) is 41.3 Å². The first-order valence-corrected chi connectivity index (χ1v) is 5.59. The van der Waals surface area contributed by atoms with Gasteiger partial charge in [-0.1, -0.05) is 6.07 Å². The van der Waals surface area contributed by atoms with Gasteiger partial charge in [0, 0.05) is 0 Å². The van der Waals surface area contributed by atoms with Crippen LogP contribution in [0.4, 0.5) is 0 Å². The number of hydrogen-bond donors (Lipinski definition) is 2. The van der Waals surface area contributed by atoms with Gasteiger partial charge in [-0.25, -0.2) is 19.7 Å². The van der Waals surface area contributed by atoms with Crippen molar-refractivity contribution >= 4 is 22.3 Å². The second kappa shape index (κ2) is 3.52. The second-order valence-electron chi connectivity index (χ2n) is 4.04. The van der Waals surface area contributed by atoms with Crippen LogP contribution >= 0.6 is 0 Å². The summed E-state index contributed by atoms with van der Waals surface area (Å²) in [4.78, 5) is 29.3. The predicted octanol–water partition coefficient (Wildman–Crippen LogP) is 1.45.